The van der Waals surface area contributed by atoms with E-state index in [2.05, 4.69) is 25.1 Å². The molecule has 0 saturated carbocycles. The highest BCUT2D eigenvalue weighted by Crippen LogP contribution is 2.29. The van der Waals surface area contributed by atoms with Crippen LogP contribution < -0.4 is 5.73 Å². The predicted molar refractivity (Wildman–Crippen MR) is 83.3 cm³/mol. The van der Waals surface area contributed by atoms with Crippen molar-refractivity contribution in [1.29, 1.82) is 0 Å². The summed E-state index contributed by atoms with van der Waals surface area (Å²) in [5, 5.41) is 9.25. The molecule has 0 fully saturated rings. The molecule has 0 aromatic heterocycles. The number of carboxylic acids is 1. The van der Waals surface area contributed by atoms with Crippen molar-refractivity contribution in [3.05, 3.63) is 58.7 Å². The largest absolute Gasteiger partial charge is 0.478 e. The monoisotopic (exact) mass is 287 g/mol. The molecular formula is C16H17NO2S. The molecule has 104 valence electrons. The van der Waals surface area contributed by atoms with E-state index in [1.54, 1.807) is 23.9 Å². The van der Waals surface area contributed by atoms with Crippen LogP contribution in [-0.4, -0.2) is 11.1 Å². The quantitative estimate of drug-likeness (QED) is 0.661. The van der Waals surface area contributed by atoms with Crippen LogP contribution in [0, 0.1) is 13.8 Å². The second kappa shape index (κ2) is 6.01. The number of hydrogen-bond acceptors (Lipinski definition) is 3. The number of nitrogens with two attached hydrogens (primary N) is 1. The third-order valence-electron chi connectivity index (χ3n) is 3.12. The summed E-state index contributed by atoms with van der Waals surface area (Å²) in [6.07, 6.45) is 0. The average Bonchev–Trinajstić information content (AvgIpc) is 2.39. The van der Waals surface area contributed by atoms with Gasteiger partial charge in [-0.3, -0.25) is 0 Å². The van der Waals surface area contributed by atoms with Gasteiger partial charge in [-0.2, -0.15) is 0 Å². The Balaban J connectivity index is 2.25. The van der Waals surface area contributed by atoms with Gasteiger partial charge in [-0.15, -0.1) is 11.8 Å². The van der Waals surface area contributed by atoms with Gasteiger partial charge in [0.25, 0.3) is 0 Å². The summed E-state index contributed by atoms with van der Waals surface area (Å²) in [5.41, 5.74) is 9.43. The van der Waals surface area contributed by atoms with Crippen molar-refractivity contribution >= 4 is 23.4 Å². The lowest BCUT2D eigenvalue weighted by Gasteiger charge is -2.10. The molecule has 2 rings (SSSR count). The van der Waals surface area contributed by atoms with E-state index < -0.39 is 5.97 Å². The lowest BCUT2D eigenvalue weighted by molar-refractivity contribution is 0.0697. The van der Waals surface area contributed by atoms with Gasteiger partial charge in [0.15, 0.2) is 0 Å². The molecule has 0 spiro atoms. The first-order valence-electron chi connectivity index (χ1n) is 6.29. The molecule has 0 atom stereocenters. The van der Waals surface area contributed by atoms with Crippen LogP contribution in [0.4, 0.5) is 5.69 Å². The number of aromatic carboxylic acids is 1. The Labute approximate surface area is 122 Å². The minimum Gasteiger partial charge on any atom is -0.478 e. The molecule has 2 aromatic carbocycles. The lowest BCUT2D eigenvalue weighted by Crippen LogP contribution is -2.06. The average molecular weight is 287 g/mol. The van der Waals surface area contributed by atoms with E-state index in [-0.39, 0.29) is 5.56 Å². The summed E-state index contributed by atoms with van der Waals surface area (Å²) in [6, 6.07) is 11.5. The first-order chi connectivity index (χ1) is 9.49. The fraction of sp³-hybridized carbons (Fsp3) is 0.188. The van der Waals surface area contributed by atoms with E-state index in [1.165, 1.54) is 16.0 Å². The maximum atomic E-state index is 11.3. The normalized spacial score (nSPS) is 10.5. The number of benzene rings is 2. The van der Waals surface area contributed by atoms with Gasteiger partial charge in [0.05, 0.1) is 5.56 Å². The number of anilines is 1. The molecule has 0 aliphatic heterocycles. The molecule has 0 aliphatic rings. The zero-order valence-corrected chi connectivity index (χ0v) is 12.3. The Morgan fingerprint density at radius 2 is 2.00 bits per heavy atom. The summed E-state index contributed by atoms with van der Waals surface area (Å²) < 4.78 is 0. The summed E-state index contributed by atoms with van der Waals surface area (Å²) >= 11 is 1.64. The van der Waals surface area contributed by atoms with Crippen LogP contribution in [0.15, 0.2) is 41.3 Å². The van der Waals surface area contributed by atoms with Gasteiger partial charge < -0.3 is 10.8 Å². The predicted octanol–water partition coefficient (Wildman–Crippen LogP) is 3.88. The fourth-order valence-electron chi connectivity index (χ4n) is 2.02. The highest BCUT2D eigenvalue weighted by Gasteiger charge is 2.14. The van der Waals surface area contributed by atoms with Crippen LogP contribution in [-0.2, 0) is 5.75 Å². The summed E-state index contributed by atoms with van der Waals surface area (Å²) in [6.45, 7) is 4.10. The van der Waals surface area contributed by atoms with E-state index in [4.69, 9.17) is 5.73 Å². The lowest BCUT2D eigenvalue weighted by atomic mass is 10.1. The van der Waals surface area contributed by atoms with Gasteiger partial charge in [0, 0.05) is 16.3 Å². The molecule has 0 amide bonds. The Morgan fingerprint density at radius 1 is 1.25 bits per heavy atom. The number of aryl methyl sites for hydroxylation is 2. The first kappa shape index (κ1) is 14.5. The molecule has 4 heteroatoms. The minimum absolute atomic E-state index is 0.213. The van der Waals surface area contributed by atoms with Crippen molar-refractivity contribution in [3.8, 4) is 0 Å². The van der Waals surface area contributed by atoms with E-state index in [0.29, 0.717) is 11.4 Å². The molecule has 3 N–H and O–H groups in total. The van der Waals surface area contributed by atoms with Crippen LogP contribution in [0.2, 0.25) is 0 Å². The highest BCUT2D eigenvalue weighted by atomic mass is 32.2. The molecule has 0 heterocycles. The van der Waals surface area contributed by atoms with Gasteiger partial charge in [0.1, 0.15) is 0 Å². The molecule has 3 nitrogen and oxygen atoms in total. The zero-order chi connectivity index (χ0) is 14.7. The molecule has 2 aromatic rings. The van der Waals surface area contributed by atoms with Crippen LogP contribution in [0.25, 0.3) is 0 Å². The van der Waals surface area contributed by atoms with E-state index in [9.17, 15) is 9.90 Å². The van der Waals surface area contributed by atoms with Gasteiger partial charge in [-0.25, -0.2) is 4.79 Å². The molecule has 0 radical (unpaired) electrons. The van der Waals surface area contributed by atoms with E-state index >= 15 is 0 Å². The van der Waals surface area contributed by atoms with Crippen LogP contribution in [0.3, 0.4) is 0 Å². The second-order valence-corrected chi connectivity index (χ2v) is 5.76. The van der Waals surface area contributed by atoms with Crippen LogP contribution >= 0.6 is 11.8 Å². The molecular weight excluding hydrogens is 270 g/mol. The van der Waals surface area contributed by atoms with Crippen molar-refractivity contribution in [2.45, 2.75) is 24.5 Å². The molecule has 0 bridgehead atoms. The maximum absolute atomic E-state index is 11.3. The van der Waals surface area contributed by atoms with Crippen LogP contribution in [0.5, 0.6) is 0 Å². The Kier molecular flexibility index (Phi) is 4.35. The number of carbonyl (C=O) groups is 1. The third-order valence-corrected chi connectivity index (χ3v) is 4.33. The number of carboxylic acid groups (broad SMARTS) is 1. The Morgan fingerprint density at radius 3 is 2.70 bits per heavy atom. The topological polar surface area (TPSA) is 63.3 Å². The number of nitrogen functional groups attached to an aromatic ring is 1. The SMILES string of the molecule is Cc1ccc(C)c(SCc2cccc(N)c2C(=O)O)c1. The smallest absolute Gasteiger partial charge is 0.338 e. The van der Waals surface area contributed by atoms with Crippen molar-refractivity contribution in [1.82, 2.24) is 0 Å². The zero-order valence-electron chi connectivity index (χ0n) is 11.5. The van der Waals surface area contributed by atoms with E-state index in [0.717, 1.165) is 5.56 Å². The summed E-state index contributed by atoms with van der Waals surface area (Å²) in [7, 11) is 0. The minimum atomic E-state index is -0.973. The van der Waals surface area contributed by atoms with Gasteiger partial charge in [-0.05, 0) is 37.1 Å². The second-order valence-electron chi connectivity index (χ2n) is 4.74. The first-order valence-corrected chi connectivity index (χ1v) is 7.28. The van der Waals surface area contributed by atoms with Gasteiger partial charge in [-0.1, -0.05) is 29.8 Å². The fourth-order valence-corrected chi connectivity index (χ4v) is 3.14. The van der Waals surface area contributed by atoms with Crippen LogP contribution in [0.1, 0.15) is 27.0 Å². The Bertz CT molecular complexity index is 653. The van der Waals surface area contributed by atoms with E-state index in [1.807, 2.05) is 13.0 Å². The number of hydrogen-bond donors (Lipinski definition) is 2. The number of thioether (sulfide) groups is 1. The highest BCUT2D eigenvalue weighted by molar-refractivity contribution is 7.98. The number of rotatable bonds is 4. The molecule has 0 aliphatic carbocycles. The van der Waals surface area contributed by atoms with Crippen molar-refractivity contribution in [3.63, 3.8) is 0 Å². The van der Waals surface area contributed by atoms with Gasteiger partial charge in [0.2, 0.25) is 0 Å². The standard InChI is InChI=1S/C16H17NO2S/c1-10-6-7-11(2)14(8-10)20-9-12-4-3-5-13(17)15(12)16(18)19/h3-8H,9,17H2,1-2H3,(H,18,19). The molecule has 20 heavy (non-hydrogen) atoms. The van der Waals surface area contributed by atoms with Gasteiger partial charge >= 0.3 is 5.97 Å². The third kappa shape index (κ3) is 3.14. The van der Waals surface area contributed by atoms with Crippen molar-refractivity contribution in [2.75, 3.05) is 5.73 Å². The summed E-state index contributed by atoms with van der Waals surface area (Å²) in [5.74, 6) is -0.378. The molecule has 0 saturated heterocycles. The maximum Gasteiger partial charge on any atom is 0.338 e. The molecule has 0 unspecified atom stereocenters. The summed E-state index contributed by atoms with van der Waals surface area (Å²) in [4.78, 5) is 12.5. The van der Waals surface area contributed by atoms with Crippen molar-refractivity contribution in [2.24, 2.45) is 0 Å². The Hall–Kier alpha value is -1.94. The van der Waals surface area contributed by atoms with Crippen molar-refractivity contribution < 1.29 is 9.90 Å².